The number of likely N-dealkylation sites (tertiary alicyclic amines) is 1. The van der Waals surface area contributed by atoms with E-state index in [-0.39, 0.29) is 28.0 Å². The van der Waals surface area contributed by atoms with Crippen molar-refractivity contribution in [1.29, 1.82) is 0 Å². The summed E-state index contributed by atoms with van der Waals surface area (Å²) in [6.07, 6.45) is 4.12. The molecule has 2 heterocycles. The summed E-state index contributed by atoms with van der Waals surface area (Å²) in [6, 6.07) is 1.55. The van der Waals surface area contributed by atoms with Gasteiger partial charge in [-0.15, -0.1) is 0 Å². The third-order valence-corrected chi connectivity index (χ3v) is 6.69. The summed E-state index contributed by atoms with van der Waals surface area (Å²) in [5, 5.41) is 6.78. The van der Waals surface area contributed by atoms with E-state index in [0.29, 0.717) is 43.2 Å². The van der Waals surface area contributed by atoms with Crippen molar-refractivity contribution >= 4 is 29.1 Å². The number of halogens is 2. The molecular weight excluding hydrogens is 441 g/mol. The number of carbonyl (C=O) groups excluding carboxylic acids is 1. The first kappa shape index (κ1) is 24.4. The molecule has 2 N–H and O–H groups in total. The second-order valence-corrected chi connectivity index (χ2v) is 8.86. The van der Waals surface area contributed by atoms with Crippen LogP contribution in [0.4, 0.5) is 0 Å². The zero-order valence-corrected chi connectivity index (χ0v) is 19.9. The quantitative estimate of drug-likeness (QED) is 0.536. The first-order chi connectivity index (χ1) is 15.0. The third-order valence-electron chi connectivity index (χ3n) is 5.92. The van der Waals surface area contributed by atoms with Crippen LogP contribution in [0.1, 0.15) is 36.0 Å². The molecule has 1 fully saturated rings. The summed E-state index contributed by atoms with van der Waals surface area (Å²) >= 11 is 12.5. The van der Waals surface area contributed by atoms with E-state index in [1.807, 2.05) is 7.05 Å². The summed E-state index contributed by atoms with van der Waals surface area (Å²) in [4.78, 5) is 15.4. The molecule has 1 amide bonds. The van der Waals surface area contributed by atoms with Crippen molar-refractivity contribution in [2.24, 2.45) is 5.92 Å². The molecule has 2 aliphatic rings. The average Bonchev–Trinajstić information content (AvgIpc) is 3.04. The Morgan fingerprint density at radius 1 is 1.26 bits per heavy atom. The van der Waals surface area contributed by atoms with Crippen LogP contribution in [0.15, 0.2) is 6.07 Å². The largest absolute Gasteiger partial charge is 0.489 e. The molecule has 2 aliphatic heterocycles. The number of nitrogens with zero attached hydrogens (tertiary/aromatic N) is 1. The van der Waals surface area contributed by atoms with Crippen molar-refractivity contribution in [2.75, 3.05) is 60.1 Å². The van der Waals surface area contributed by atoms with Gasteiger partial charge in [-0.2, -0.15) is 0 Å². The van der Waals surface area contributed by atoms with E-state index < -0.39 is 0 Å². The van der Waals surface area contributed by atoms with E-state index in [0.717, 1.165) is 32.6 Å². The van der Waals surface area contributed by atoms with Gasteiger partial charge in [-0.05, 0) is 52.0 Å². The molecule has 1 aromatic rings. The molecule has 2 atom stereocenters. The van der Waals surface area contributed by atoms with Crippen LogP contribution in [-0.2, 0) is 4.74 Å². The Labute approximate surface area is 194 Å². The Bertz CT molecular complexity index is 750. The molecule has 1 saturated heterocycles. The number of ether oxygens (including phenoxy) is 3. The molecule has 9 heteroatoms. The molecule has 0 saturated carbocycles. The summed E-state index contributed by atoms with van der Waals surface area (Å²) in [7, 11) is 3.73. The fourth-order valence-corrected chi connectivity index (χ4v) is 4.51. The maximum atomic E-state index is 13.0. The van der Waals surface area contributed by atoms with Gasteiger partial charge in [0.15, 0.2) is 11.5 Å². The van der Waals surface area contributed by atoms with E-state index in [1.54, 1.807) is 13.2 Å². The molecule has 0 bridgehead atoms. The average molecular weight is 474 g/mol. The van der Waals surface area contributed by atoms with Crippen LogP contribution in [0.3, 0.4) is 0 Å². The molecule has 0 aromatic heterocycles. The van der Waals surface area contributed by atoms with Gasteiger partial charge in [0.2, 0.25) is 0 Å². The minimum absolute atomic E-state index is 0.0869. The minimum Gasteiger partial charge on any atom is -0.489 e. The number of amides is 1. The third kappa shape index (κ3) is 6.39. The lowest BCUT2D eigenvalue weighted by molar-refractivity contribution is -0.0107. The number of unbranched alkanes of at least 4 members (excludes halogenated alkanes) is 1. The number of nitrogens with one attached hydrogen (secondary N) is 2. The SMILES string of the molecule is CNCCCCN1CCC(CNC(=O)c2cc(Cl)c(Cl)c3c2OCCCO3)C(OC)C1. The lowest BCUT2D eigenvalue weighted by atomic mass is 9.93. The van der Waals surface area contributed by atoms with Crippen LogP contribution in [-0.4, -0.2) is 77.0 Å². The van der Waals surface area contributed by atoms with E-state index in [9.17, 15) is 4.79 Å². The Balaban J connectivity index is 1.59. The van der Waals surface area contributed by atoms with Crippen molar-refractivity contribution in [2.45, 2.75) is 31.8 Å². The number of hydrogen-bond donors (Lipinski definition) is 2. The van der Waals surface area contributed by atoms with Gasteiger partial charge >= 0.3 is 0 Å². The highest BCUT2D eigenvalue weighted by Gasteiger charge is 2.30. The molecule has 0 aliphatic carbocycles. The summed E-state index contributed by atoms with van der Waals surface area (Å²) < 4.78 is 17.2. The molecule has 174 valence electrons. The molecule has 31 heavy (non-hydrogen) atoms. The van der Waals surface area contributed by atoms with Crippen molar-refractivity contribution in [3.63, 3.8) is 0 Å². The van der Waals surface area contributed by atoms with Crippen LogP contribution >= 0.6 is 23.2 Å². The number of carbonyl (C=O) groups is 1. The summed E-state index contributed by atoms with van der Waals surface area (Å²) in [6.45, 7) is 5.48. The number of methoxy groups -OCH3 is 1. The molecule has 0 spiro atoms. The Hall–Kier alpha value is -1.25. The first-order valence-electron chi connectivity index (χ1n) is 11.0. The van der Waals surface area contributed by atoms with Gasteiger partial charge in [0.05, 0.1) is 29.9 Å². The minimum atomic E-state index is -0.246. The summed E-state index contributed by atoms with van der Waals surface area (Å²) in [5.41, 5.74) is 0.349. The van der Waals surface area contributed by atoms with Crippen LogP contribution < -0.4 is 20.1 Å². The fraction of sp³-hybridized carbons (Fsp3) is 0.682. The van der Waals surface area contributed by atoms with Gasteiger partial charge in [0.1, 0.15) is 5.02 Å². The topological polar surface area (TPSA) is 72.1 Å². The highest BCUT2D eigenvalue weighted by molar-refractivity contribution is 6.43. The van der Waals surface area contributed by atoms with Gasteiger partial charge in [0.25, 0.3) is 5.91 Å². The van der Waals surface area contributed by atoms with Crippen LogP contribution in [0.2, 0.25) is 10.0 Å². The smallest absolute Gasteiger partial charge is 0.255 e. The fourth-order valence-electron chi connectivity index (χ4n) is 4.12. The molecule has 0 radical (unpaired) electrons. The first-order valence-corrected chi connectivity index (χ1v) is 11.8. The molecule has 1 aromatic carbocycles. The van der Waals surface area contributed by atoms with Gasteiger partial charge in [-0.25, -0.2) is 0 Å². The van der Waals surface area contributed by atoms with E-state index in [4.69, 9.17) is 37.4 Å². The molecule has 7 nitrogen and oxygen atoms in total. The highest BCUT2D eigenvalue weighted by atomic mass is 35.5. The zero-order valence-electron chi connectivity index (χ0n) is 18.3. The maximum absolute atomic E-state index is 13.0. The predicted molar refractivity (Wildman–Crippen MR) is 123 cm³/mol. The van der Waals surface area contributed by atoms with E-state index in [2.05, 4.69) is 15.5 Å². The maximum Gasteiger partial charge on any atom is 0.255 e. The Kier molecular flexibility index (Phi) is 9.53. The number of piperidine rings is 1. The van der Waals surface area contributed by atoms with E-state index in [1.165, 1.54) is 12.8 Å². The highest BCUT2D eigenvalue weighted by Crippen LogP contribution is 2.44. The Morgan fingerprint density at radius 2 is 2.03 bits per heavy atom. The van der Waals surface area contributed by atoms with Gasteiger partial charge in [-0.3, -0.25) is 4.79 Å². The second-order valence-electron chi connectivity index (χ2n) is 8.07. The predicted octanol–water partition coefficient (Wildman–Crippen LogP) is 3.22. The summed E-state index contributed by atoms with van der Waals surface area (Å²) in [5.74, 6) is 0.716. The van der Waals surface area contributed by atoms with Crippen LogP contribution in [0.5, 0.6) is 11.5 Å². The molecule has 3 rings (SSSR count). The van der Waals surface area contributed by atoms with Crippen molar-refractivity contribution < 1.29 is 19.0 Å². The Morgan fingerprint density at radius 3 is 2.77 bits per heavy atom. The molecular formula is C22H33Cl2N3O4. The van der Waals surface area contributed by atoms with Crippen molar-refractivity contribution in [3.05, 3.63) is 21.7 Å². The second kappa shape index (κ2) is 12.1. The number of hydrogen-bond acceptors (Lipinski definition) is 6. The standard InChI is InChI=1S/C22H33Cl2N3O4/c1-25-7-3-4-8-27-9-6-15(18(14-27)29-2)13-26-22(28)16-12-17(23)19(24)21-20(16)30-10-5-11-31-21/h12,15,18,25H,3-11,13-14H2,1-2H3,(H,26,28). The zero-order chi connectivity index (χ0) is 22.2. The monoisotopic (exact) mass is 473 g/mol. The lowest BCUT2D eigenvalue weighted by Crippen LogP contribution is -2.48. The van der Waals surface area contributed by atoms with Crippen molar-refractivity contribution in [1.82, 2.24) is 15.5 Å². The van der Waals surface area contributed by atoms with Gasteiger partial charge in [-0.1, -0.05) is 23.2 Å². The number of rotatable bonds is 9. The normalized spacial score (nSPS) is 21.5. The van der Waals surface area contributed by atoms with Crippen LogP contribution in [0, 0.1) is 5.92 Å². The van der Waals surface area contributed by atoms with Crippen molar-refractivity contribution in [3.8, 4) is 11.5 Å². The van der Waals surface area contributed by atoms with Crippen LogP contribution in [0.25, 0.3) is 0 Å². The number of fused-ring (bicyclic) bond motifs is 1. The van der Waals surface area contributed by atoms with Gasteiger partial charge < -0.3 is 29.7 Å². The molecule has 2 unspecified atom stereocenters. The number of benzene rings is 1. The van der Waals surface area contributed by atoms with E-state index >= 15 is 0 Å². The lowest BCUT2D eigenvalue weighted by Gasteiger charge is -2.38. The van der Waals surface area contributed by atoms with Gasteiger partial charge in [0, 0.05) is 32.5 Å².